The first-order chi connectivity index (χ1) is 10.2. The van der Waals surface area contributed by atoms with Crippen LogP contribution in [0, 0.1) is 13.8 Å². The fourth-order valence-corrected chi connectivity index (χ4v) is 2.95. The molecule has 0 N–H and O–H groups in total. The molecule has 0 bridgehead atoms. The van der Waals surface area contributed by atoms with Crippen molar-refractivity contribution in [1.29, 1.82) is 0 Å². The number of hydrogen-bond acceptors (Lipinski definition) is 0. The molecule has 21 heavy (non-hydrogen) atoms. The van der Waals surface area contributed by atoms with Crippen molar-refractivity contribution in [3.63, 3.8) is 0 Å². The van der Waals surface area contributed by atoms with Crippen molar-refractivity contribution >= 4 is 0 Å². The predicted octanol–water partition coefficient (Wildman–Crippen LogP) is 4.74. The van der Waals surface area contributed by atoms with Gasteiger partial charge in [-0.2, -0.15) is 0 Å². The van der Waals surface area contributed by atoms with Gasteiger partial charge < -0.3 is 0 Å². The minimum Gasteiger partial charge on any atom is -0.236 e. The summed E-state index contributed by atoms with van der Waals surface area (Å²) < 4.78 is 4.56. The van der Waals surface area contributed by atoms with Crippen LogP contribution in [-0.4, -0.2) is 4.57 Å². The van der Waals surface area contributed by atoms with E-state index in [4.69, 9.17) is 0 Å². The maximum Gasteiger partial charge on any atom is 0.248 e. The Morgan fingerprint density at radius 2 is 1.62 bits per heavy atom. The van der Waals surface area contributed by atoms with E-state index in [1.54, 1.807) is 0 Å². The van der Waals surface area contributed by atoms with Crippen LogP contribution in [0.25, 0.3) is 5.69 Å². The predicted molar refractivity (Wildman–Crippen MR) is 88.8 cm³/mol. The standard InChI is InChI=1S/C19H29N2/c1-4-5-6-7-8-9-13-20-14-15-21(16-20)19-17(2)11-10-12-18(19)3/h10-12,14-16H,4-9,13H2,1-3H3/q+1. The second-order valence-electron chi connectivity index (χ2n) is 6.07. The third kappa shape index (κ3) is 4.45. The molecule has 1 heterocycles. The lowest BCUT2D eigenvalue weighted by Gasteiger charge is -2.04. The number of unbranched alkanes of at least 4 members (excludes halogenated alkanes) is 5. The molecule has 0 radical (unpaired) electrons. The molecule has 0 amide bonds. The van der Waals surface area contributed by atoms with Gasteiger partial charge in [-0.3, -0.25) is 0 Å². The smallest absolute Gasteiger partial charge is 0.236 e. The third-order valence-corrected chi connectivity index (χ3v) is 4.16. The number of aryl methyl sites for hydroxylation is 3. The fraction of sp³-hybridized carbons (Fsp3) is 0.526. The van der Waals surface area contributed by atoms with Gasteiger partial charge in [0.25, 0.3) is 0 Å². The Morgan fingerprint density at radius 1 is 0.952 bits per heavy atom. The summed E-state index contributed by atoms with van der Waals surface area (Å²) in [5, 5.41) is 0. The van der Waals surface area contributed by atoms with Crippen molar-refractivity contribution in [2.24, 2.45) is 0 Å². The molecule has 0 spiro atoms. The average molecular weight is 285 g/mol. The van der Waals surface area contributed by atoms with Crippen LogP contribution in [0.15, 0.2) is 36.9 Å². The quantitative estimate of drug-likeness (QED) is 0.489. The SMILES string of the molecule is CCCCCCCC[n+]1ccn(-c2c(C)cccc2C)c1. The Labute approximate surface area is 129 Å². The van der Waals surface area contributed by atoms with Gasteiger partial charge in [0, 0.05) is 0 Å². The average Bonchev–Trinajstić information content (AvgIpc) is 2.91. The normalized spacial score (nSPS) is 11.0. The van der Waals surface area contributed by atoms with E-state index in [1.165, 1.54) is 55.3 Å². The lowest BCUT2D eigenvalue weighted by atomic mass is 10.1. The maximum absolute atomic E-state index is 2.31. The van der Waals surface area contributed by atoms with Gasteiger partial charge in [-0.1, -0.05) is 50.8 Å². The van der Waals surface area contributed by atoms with Crippen LogP contribution in [0.2, 0.25) is 0 Å². The first kappa shape index (κ1) is 15.8. The van der Waals surface area contributed by atoms with Crippen LogP contribution in [0.5, 0.6) is 0 Å². The summed E-state index contributed by atoms with van der Waals surface area (Å²) >= 11 is 0. The Hall–Kier alpha value is -1.57. The Morgan fingerprint density at radius 3 is 2.33 bits per heavy atom. The zero-order chi connectivity index (χ0) is 15.1. The van der Waals surface area contributed by atoms with Gasteiger partial charge in [-0.25, -0.2) is 9.13 Å². The summed E-state index contributed by atoms with van der Waals surface area (Å²) in [6, 6.07) is 6.49. The maximum atomic E-state index is 2.31. The van der Waals surface area contributed by atoms with E-state index in [-0.39, 0.29) is 0 Å². The molecule has 0 aliphatic rings. The van der Waals surface area contributed by atoms with E-state index in [1.807, 2.05) is 0 Å². The summed E-state index contributed by atoms with van der Waals surface area (Å²) in [4.78, 5) is 0. The van der Waals surface area contributed by atoms with Gasteiger partial charge >= 0.3 is 0 Å². The van der Waals surface area contributed by atoms with Crippen LogP contribution in [0.3, 0.4) is 0 Å². The molecule has 0 saturated heterocycles. The minimum atomic E-state index is 1.13. The first-order valence-electron chi connectivity index (χ1n) is 8.36. The van der Waals surface area contributed by atoms with Crippen molar-refractivity contribution in [2.75, 3.05) is 0 Å². The Kier molecular flexibility index (Phi) is 6.04. The zero-order valence-electron chi connectivity index (χ0n) is 13.8. The number of para-hydroxylation sites is 1. The highest BCUT2D eigenvalue weighted by molar-refractivity contribution is 5.46. The van der Waals surface area contributed by atoms with Crippen molar-refractivity contribution in [3.05, 3.63) is 48.0 Å². The number of hydrogen-bond donors (Lipinski definition) is 0. The van der Waals surface area contributed by atoms with E-state index < -0.39 is 0 Å². The van der Waals surface area contributed by atoms with Gasteiger partial charge in [0.05, 0.1) is 6.54 Å². The molecule has 114 valence electrons. The van der Waals surface area contributed by atoms with E-state index in [9.17, 15) is 0 Å². The molecule has 2 heteroatoms. The Bertz CT molecular complexity index is 534. The van der Waals surface area contributed by atoms with Gasteiger partial charge in [0.1, 0.15) is 18.1 Å². The molecular weight excluding hydrogens is 256 g/mol. The van der Waals surface area contributed by atoms with E-state index in [0.717, 1.165) is 6.54 Å². The summed E-state index contributed by atoms with van der Waals surface area (Å²) in [5.74, 6) is 0. The van der Waals surface area contributed by atoms with Crippen molar-refractivity contribution < 1.29 is 4.57 Å². The van der Waals surface area contributed by atoms with Gasteiger partial charge in [0.15, 0.2) is 0 Å². The Balaban J connectivity index is 1.90. The molecule has 1 aromatic carbocycles. The number of rotatable bonds is 8. The molecule has 0 aliphatic carbocycles. The molecular formula is C19H29N2+. The lowest BCUT2D eigenvalue weighted by Crippen LogP contribution is -2.30. The number of imidazole rings is 1. The van der Waals surface area contributed by atoms with Gasteiger partial charge in [-0.05, 0) is 37.8 Å². The second-order valence-corrected chi connectivity index (χ2v) is 6.07. The third-order valence-electron chi connectivity index (χ3n) is 4.16. The summed E-state index contributed by atoms with van der Waals surface area (Å²) in [5.41, 5.74) is 3.98. The number of nitrogens with zero attached hydrogens (tertiary/aromatic N) is 2. The summed E-state index contributed by atoms with van der Waals surface area (Å²) in [6.07, 6.45) is 14.7. The highest BCUT2D eigenvalue weighted by atomic mass is 15.1. The van der Waals surface area contributed by atoms with Crippen molar-refractivity contribution in [1.82, 2.24) is 4.57 Å². The van der Waals surface area contributed by atoms with Crippen LogP contribution >= 0.6 is 0 Å². The number of aromatic nitrogens is 2. The topological polar surface area (TPSA) is 8.81 Å². The molecule has 2 aromatic rings. The summed E-state index contributed by atoms with van der Waals surface area (Å²) in [6.45, 7) is 7.76. The van der Waals surface area contributed by atoms with E-state index in [2.05, 4.69) is 66.8 Å². The van der Waals surface area contributed by atoms with Crippen LogP contribution < -0.4 is 4.57 Å². The largest absolute Gasteiger partial charge is 0.248 e. The molecule has 1 aromatic heterocycles. The highest BCUT2D eigenvalue weighted by Crippen LogP contribution is 2.17. The van der Waals surface area contributed by atoms with Crippen LogP contribution in [0.4, 0.5) is 0 Å². The lowest BCUT2D eigenvalue weighted by molar-refractivity contribution is -0.696. The molecule has 0 aliphatic heterocycles. The molecule has 2 nitrogen and oxygen atoms in total. The van der Waals surface area contributed by atoms with Crippen molar-refractivity contribution in [3.8, 4) is 5.69 Å². The molecule has 0 atom stereocenters. The first-order valence-corrected chi connectivity index (χ1v) is 8.36. The van der Waals surface area contributed by atoms with Gasteiger partial charge in [0.2, 0.25) is 6.33 Å². The molecule has 0 saturated carbocycles. The summed E-state index contributed by atoms with van der Waals surface area (Å²) in [7, 11) is 0. The van der Waals surface area contributed by atoms with Crippen molar-refractivity contribution in [2.45, 2.75) is 65.8 Å². The minimum absolute atomic E-state index is 1.13. The fourth-order valence-electron chi connectivity index (χ4n) is 2.95. The van der Waals surface area contributed by atoms with E-state index in [0.29, 0.717) is 0 Å². The number of benzene rings is 1. The van der Waals surface area contributed by atoms with Crippen LogP contribution in [0.1, 0.15) is 56.6 Å². The highest BCUT2D eigenvalue weighted by Gasteiger charge is 2.11. The second kappa shape index (κ2) is 8.02. The van der Waals surface area contributed by atoms with Crippen LogP contribution in [-0.2, 0) is 6.54 Å². The monoisotopic (exact) mass is 285 g/mol. The molecule has 2 rings (SSSR count). The molecule has 0 fully saturated rings. The zero-order valence-corrected chi connectivity index (χ0v) is 13.8. The molecule has 0 unspecified atom stereocenters. The van der Waals surface area contributed by atoms with Gasteiger partial charge in [-0.15, -0.1) is 0 Å². The van der Waals surface area contributed by atoms with E-state index >= 15 is 0 Å².